The molecule has 2 fully saturated rings. The normalized spacial score (nSPS) is 19.6. The van der Waals surface area contributed by atoms with Crippen molar-refractivity contribution in [3.05, 3.63) is 58.6 Å². The van der Waals surface area contributed by atoms with Gasteiger partial charge in [-0.2, -0.15) is 0 Å². The number of aromatic nitrogens is 1. The van der Waals surface area contributed by atoms with Crippen molar-refractivity contribution in [2.45, 2.75) is 38.1 Å². The number of likely N-dealkylation sites (tertiary alicyclic amines) is 1. The molecule has 2 aliphatic heterocycles. The van der Waals surface area contributed by atoms with Crippen molar-refractivity contribution < 1.29 is 4.79 Å². The van der Waals surface area contributed by atoms with Crippen LogP contribution < -0.4 is 4.90 Å². The maximum Gasteiger partial charge on any atom is 0.195 e. The minimum atomic E-state index is 0.0653. The average Bonchev–Trinajstić information content (AvgIpc) is 3.11. The van der Waals surface area contributed by atoms with Gasteiger partial charge < -0.3 is 9.80 Å². The summed E-state index contributed by atoms with van der Waals surface area (Å²) in [5.74, 6) is 1.02. The van der Waals surface area contributed by atoms with Crippen LogP contribution in [0, 0.1) is 0 Å². The molecule has 31 heavy (non-hydrogen) atoms. The lowest BCUT2D eigenvalue weighted by Gasteiger charge is -2.41. The number of fused-ring (bicyclic) bond motifs is 5. The number of carbonyl (C=O) groups excluding carboxylic acids is 1. The number of para-hydroxylation sites is 1. The van der Waals surface area contributed by atoms with E-state index in [0.717, 1.165) is 59.3 Å². The summed E-state index contributed by atoms with van der Waals surface area (Å²) in [6, 6.07) is 14.4. The van der Waals surface area contributed by atoms with E-state index >= 15 is 0 Å². The summed E-state index contributed by atoms with van der Waals surface area (Å²) in [5.41, 5.74) is 4.34. The van der Waals surface area contributed by atoms with Gasteiger partial charge in [0, 0.05) is 46.2 Å². The van der Waals surface area contributed by atoms with Crippen molar-refractivity contribution in [1.82, 2.24) is 9.88 Å². The van der Waals surface area contributed by atoms with Gasteiger partial charge in [0.05, 0.1) is 5.52 Å². The lowest BCUT2D eigenvalue weighted by molar-refractivity contribution is 0.104. The van der Waals surface area contributed by atoms with E-state index in [0.29, 0.717) is 16.6 Å². The van der Waals surface area contributed by atoms with Gasteiger partial charge in [0.25, 0.3) is 0 Å². The SMILES string of the molecule is O=C1c2cc(Cl)ccc2-c2c(N3CCC(N4CCCCC4)CC3)nc3ccccc3c21. The predicted molar refractivity (Wildman–Crippen MR) is 126 cm³/mol. The second kappa shape index (κ2) is 7.61. The summed E-state index contributed by atoms with van der Waals surface area (Å²) in [6.45, 7) is 4.46. The van der Waals surface area contributed by atoms with Gasteiger partial charge in [-0.3, -0.25) is 4.79 Å². The molecule has 6 rings (SSSR count). The van der Waals surface area contributed by atoms with E-state index in [-0.39, 0.29) is 5.78 Å². The van der Waals surface area contributed by atoms with E-state index in [1.54, 1.807) is 6.07 Å². The van der Waals surface area contributed by atoms with E-state index in [1.165, 1.54) is 32.4 Å². The van der Waals surface area contributed by atoms with E-state index in [4.69, 9.17) is 16.6 Å². The van der Waals surface area contributed by atoms with E-state index in [2.05, 4.69) is 9.80 Å². The van der Waals surface area contributed by atoms with Gasteiger partial charge in [0.15, 0.2) is 5.78 Å². The fourth-order valence-corrected chi connectivity index (χ4v) is 5.87. The van der Waals surface area contributed by atoms with Crippen LogP contribution in [-0.4, -0.2) is 47.9 Å². The van der Waals surface area contributed by atoms with Crippen LogP contribution in [0.2, 0.25) is 5.02 Å². The van der Waals surface area contributed by atoms with Crippen LogP contribution >= 0.6 is 11.6 Å². The van der Waals surface area contributed by atoms with Gasteiger partial charge in [-0.15, -0.1) is 0 Å². The molecule has 0 radical (unpaired) electrons. The molecule has 0 spiro atoms. The zero-order valence-corrected chi connectivity index (χ0v) is 18.4. The maximum atomic E-state index is 13.4. The number of halogens is 1. The van der Waals surface area contributed by atoms with Crippen LogP contribution in [-0.2, 0) is 0 Å². The number of nitrogens with zero attached hydrogens (tertiary/aromatic N) is 3. The molecular weight excluding hydrogens is 406 g/mol. The molecule has 0 unspecified atom stereocenters. The van der Waals surface area contributed by atoms with Crippen LogP contribution in [0.4, 0.5) is 5.82 Å². The highest BCUT2D eigenvalue weighted by Crippen LogP contribution is 2.46. The monoisotopic (exact) mass is 431 g/mol. The average molecular weight is 432 g/mol. The molecule has 3 aliphatic rings. The Bertz CT molecular complexity index is 1180. The summed E-state index contributed by atoms with van der Waals surface area (Å²) < 4.78 is 0. The molecule has 3 aromatic rings. The lowest BCUT2D eigenvalue weighted by atomic mass is 9.98. The minimum Gasteiger partial charge on any atom is -0.356 e. The first kappa shape index (κ1) is 19.3. The molecule has 0 bridgehead atoms. The predicted octanol–water partition coefficient (Wildman–Crippen LogP) is 5.55. The van der Waals surface area contributed by atoms with Gasteiger partial charge in [-0.1, -0.05) is 42.3 Å². The van der Waals surface area contributed by atoms with E-state index in [9.17, 15) is 4.79 Å². The largest absolute Gasteiger partial charge is 0.356 e. The summed E-state index contributed by atoms with van der Waals surface area (Å²) >= 11 is 6.25. The second-order valence-corrected chi connectivity index (χ2v) is 9.47. The van der Waals surface area contributed by atoms with Gasteiger partial charge in [-0.25, -0.2) is 4.98 Å². The molecule has 3 heterocycles. The molecule has 0 saturated carbocycles. The quantitative estimate of drug-likeness (QED) is 0.416. The van der Waals surface area contributed by atoms with E-state index < -0.39 is 0 Å². The van der Waals surface area contributed by atoms with Gasteiger partial charge in [-0.05, 0) is 62.5 Å². The summed E-state index contributed by atoms with van der Waals surface area (Å²) in [7, 11) is 0. The summed E-state index contributed by atoms with van der Waals surface area (Å²) in [4.78, 5) is 23.6. The third kappa shape index (κ3) is 3.16. The van der Waals surface area contributed by atoms with Crippen molar-refractivity contribution in [2.75, 3.05) is 31.1 Å². The second-order valence-electron chi connectivity index (χ2n) is 9.04. The molecule has 0 N–H and O–H groups in total. The Labute approximate surface area is 187 Å². The Kier molecular flexibility index (Phi) is 4.73. The molecule has 1 aliphatic carbocycles. The summed E-state index contributed by atoms with van der Waals surface area (Å²) in [5, 5.41) is 1.53. The molecule has 2 aromatic carbocycles. The molecule has 4 nitrogen and oxygen atoms in total. The van der Waals surface area contributed by atoms with Crippen LogP contribution in [0.3, 0.4) is 0 Å². The standard InChI is InChI=1S/C26H26ClN3O/c27-17-8-9-19-21(16-17)25(31)23-20-6-2-3-7-22(20)28-26(24(19)23)30-14-10-18(11-15-30)29-12-4-1-5-13-29/h2-3,6-9,16,18H,1,4-5,10-15H2. The molecular formula is C26H26ClN3O. The number of anilines is 1. The number of rotatable bonds is 2. The first-order valence-corrected chi connectivity index (χ1v) is 11.8. The number of benzene rings is 2. The Morgan fingerprint density at radius 3 is 2.45 bits per heavy atom. The lowest BCUT2D eigenvalue weighted by Crippen LogP contribution is -2.47. The minimum absolute atomic E-state index is 0.0653. The van der Waals surface area contributed by atoms with Gasteiger partial charge in [0.1, 0.15) is 5.82 Å². The van der Waals surface area contributed by atoms with Crippen LogP contribution in [0.25, 0.3) is 22.0 Å². The van der Waals surface area contributed by atoms with Gasteiger partial charge >= 0.3 is 0 Å². The molecule has 2 saturated heterocycles. The number of pyridine rings is 1. The Balaban J connectivity index is 1.41. The zero-order chi connectivity index (χ0) is 20.9. The smallest absolute Gasteiger partial charge is 0.195 e. The highest BCUT2D eigenvalue weighted by molar-refractivity contribution is 6.33. The number of ketones is 1. The molecule has 158 valence electrons. The van der Waals surface area contributed by atoms with Crippen LogP contribution in [0.15, 0.2) is 42.5 Å². The maximum absolute atomic E-state index is 13.4. The topological polar surface area (TPSA) is 36.4 Å². The first-order valence-electron chi connectivity index (χ1n) is 11.5. The number of hydrogen-bond acceptors (Lipinski definition) is 4. The molecule has 5 heteroatoms. The third-order valence-electron chi connectivity index (χ3n) is 7.27. The number of hydrogen-bond donors (Lipinski definition) is 0. The van der Waals surface area contributed by atoms with E-state index in [1.807, 2.05) is 36.4 Å². The number of carbonyl (C=O) groups is 1. The van der Waals surface area contributed by atoms with Gasteiger partial charge in [0.2, 0.25) is 0 Å². The Hall–Kier alpha value is -2.43. The fourth-order valence-electron chi connectivity index (χ4n) is 5.70. The van der Waals surface area contributed by atoms with Crippen molar-refractivity contribution in [3.8, 4) is 11.1 Å². The highest BCUT2D eigenvalue weighted by Gasteiger charge is 2.35. The molecule has 1 aromatic heterocycles. The number of piperidine rings is 2. The van der Waals surface area contributed by atoms with Crippen molar-refractivity contribution in [2.24, 2.45) is 0 Å². The van der Waals surface area contributed by atoms with Crippen molar-refractivity contribution in [1.29, 1.82) is 0 Å². The van der Waals surface area contributed by atoms with Crippen molar-refractivity contribution in [3.63, 3.8) is 0 Å². The Morgan fingerprint density at radius 2 is 1.65 bits per heavy atom. The zero-order valence-electron chi connectivity index (χ0n) is 17.6. The van der Waals surface area contributed by atoms with Crippen LogP contribution in [0.5, 0.6) is 0 Å². The fraction of sp³-hybridized carbons (Fsp3) is 0.385. The molecule has 0 atom stereocenters. The summed E-state index contributed by atoms with van der Waals surface area (Å²) in [6.07, 6.45) is 6.36. The Morgan fingerprint density at radius 1 is 0.871 bits per heavy atom. The highest BCUT2D eigenvalue weighted by atomic mass is 35.5. The molecule has 0 amide bonds. The first-order chi connectivity index (χ1) is 15.2. The third-order valence-corrected chi connectivity index (χ3v) is 7.50. The van der Waals surface area contributed by atoms with Crippen molar-refractivity contribution >= 4 is 34.1 Å². The van der Waals surface area contributed by atoms with Crippen LogP contribution in [0.1, 0.15) is 48.0 Å².